The summed E-state index contributed by atoms with van der Waals surface area (Å²) in [6, 6.07) is 14.8. The Balaban J connectivity index is 1.81. The van der Waals surface area contributed by atoms with Crippen LogP contribution >= 0.6 is 15.9 Å². The highest BCUT2D eigenvalue weighted by atomic mass is 79.9. The molecule has 0 saturated carbocycles. The lowest BCUT2D eigenvalue weighted by Crippen LogP contribution is -2.05. The molecule has 1 aromatic heterocycles. The molecule has 3 rings (SSSR count). The number of rotatable bonds is 5. The second-order valence-electron chi connectivity index (χ2n) is 5.21. The van der Waals surface area contributed by atoms with Crippen molar-refractivity contribution in [3.05, 3.63) is 92.5 Å². The van der Waals surface area contributed by atoms with E-state index in [0.29, 0.717) is 13.0 Å². The summed E-state index contributed by atoms with van der Waals surface area (Å²) in [6.07, 6.45) is 4.24. The molecule has 0 aliphatic carbocycles. The number of hydrogen-bond acceptors (Lipinski definition) is 3. The molecule has 0 aliphatic rings. The topological polar surface area (TPSA) is 61.0 Å². The van der Waals surface area contributed by atoms with Crippen LogP contribution in [0.15, 0.2) is 65.4 Å². The predicted molar refractivity (Wildman–Crippen MR) is 91.4 cm³/mol. The molecule has 0 aliphatic heterocycles. The largest absolute Gasteiger partial charge is 0.330 e. The standard InChI is InChI=1S/C17H14BrN3O2/c18-15-5-1-4-14(9-15)12-20-8-7-19-17(20)11-13-3-2-6-16(10-13)21(22)23/h1-10H,11-12H2. The number of nitro benzene ring substituents is 1. The normalized spacial score (nSPS) is 10.7. The van der Waals surface area contributed by atoms with Gasteiger partial charge in [0.2, 0.25) is 0 Å². The third kappa shape index (κ3) is 3.84. The summed E-state index contributed by atoms with van der Waals surface area (Å²) in [5.41, 5.74) is 2.14. The second kappa shape index (κ2) is 6.75. The summed E-state index contributed by atoms with van der Waals surface area (Å²) in [5.74, 6) is 0.880. The van der Waals surface area contributed by atoms with Crippen LogP contribution in [-0.2, 0) is 13.0 Å². The molecule has 23 heavy (non-hydrogen) atoms. The van der Waals surface area contributed by atoms with Crippen molar-refractivity contribution in [1.29, 1.82) is 0 Å². The molecule has 0 unspecified atom stereocenters. The van der Waals surface area contributed by atoms with Crippen molar-refractivity contribution in [3.63, 3.8) is 0 Å². The first kappa shape index (κ1) is 15.4. The van der Waals surface area contributed by atoms with Gasteiger partial charge in [-0.3, -0.25) is 10.1 Å². The lowest BCUT2D eigenvalue weighted by Gasteiger charge is -2.08. The molecule has 0 spiro atoms. The fourth-order valence-corrected chi connectivity index (χ4v) is 2.89. The van der Waals surface area contributed by atoms with Gasteiger partial charge in [-0.05, 0) is 23.3 Å². The van der Waals surface area contributed by atoms with Gasteiger partial charge < -0.3 is 4.57 Å². The number of halogens is 1. The van der Waals surface area contributed by atoms with E-state index in [-0.39, 0.29) is 10.6 Å². The lowest BCUT2D eigenvalue weighted by molar-refractivity contribution is -0.384. The lowest BCUT2D eigenvalue weighted by atomic mass is 10.1. The maximum Gasteiger partial charge on any atom is 0.269 e. The Kier molecular flexibility index (Phi) is 4.52. The van der Waals surface area contributed by atoms with Crippen molar-refractivity contribution >= 4 is 21.6 Å². The Morgan fingerprint density at radius 1 is 1.13 bits per heavy atom. The summed E-state index contributed by atoms with van der Waals surface area (Å²) in [7, 11) is 0. The fourth-order valence-electron chi connectivity index (χ4n) is 2.45. The maximum atomic E-state index is 10.9. The van der Waals surface area contributed by atoms with Gasteiger partial charge in [-0.1, -0.05) is 40.2 Å². The minimum absolute atomic E-state index is 0.104. The molecule has 116 valence electrons. The highest BCUT2D eigenvalue weighted by molar-refractivity contribution is 9.10. The van der Waals surface area contributed by atoms with Crippen LogP contribution in [0.1, 0.15) is 17.0 Å². The molecule has 3 aromatic rings. The number of aromatic nitrogens is 2. The Hall–Kier alpha value is -2.47. The molecule has 0 bridgehead atoms. The minimum atomic E-state index is -0.378. The van der Waals surface area contributed by atoms with Gasteiger partial charge >= 0.3 is 0 Å². The van der Waals surface area contributed by atoms with E-state index < -0.39 is 0 Å². The first-order valence-electron chi connectivity index (χ1n) is 7.09. The van der Waals surface area contributed by atoms with Crippen molar-refractivity contribution in [2.24, 2.45) is 0 Å². The van der Waals surface area contributed by atoms with E-state index in [1.165, 1.54) is 6.07 Å². The van der Waals surface area contributed by atoms with Crippen molar-refractivity contribution < 1.29 is 4.92 Å². The van der Waals surface area contributed by atoms with Gasteiger partial charge in [-0.15, -0.1) is 0 Å². The quantitative estimate of drug-likeness (QED) is 0.498. The molecular formula is C17H14BrN3O2. The Morgan fingerprint density at radius 2 is 1.91 bits per heavy atom. The van der Waals surface area contributed by atoms with Crippen LogP contribution in [0.4, 0.5) is 5.69 Å². The SMILES string of the molecule is O=[N+]([O-])c1cccc(Cc2nccn2Cc2cccc(Br)c2)c1. The van der Waals surface area contributed by atoms with E-state index in [2.05, 4.69) is 37.6 Å². The zero-order valence-corrected chi connectivity index (χ0v) is 13.8. The molecular weight excluding hydrogens is 358 g/mol. The van der Waals surface area contributed by atoms with E-state index >= 15 is 0 Å². The average molecular weight is 372 g/mol. The number of hydrogen-bond donors (Lipinski definition) is 0. The smallest absolute Gasteiger partial charge is 0.269 e. The molecule has 6 heteroatoms. The van der Waals surface area contributed by atoms with Gasteiger partial charge in [0.1, 0.15) is 5.82 Å². The van der Waals surface area contributed by atoms with Gasteiger partial charge in [0, 0.05) is 42.0 Å². The fraction of sp³-hybridized carbons (Fsp3) is 0.118. The first-order chi connectivity index (χ1) is 11.1. The van der Waals surface area contributed by atoms with Gasteiger partial charge in [-0.2, -0.15) is 0 Å². The molecule has 0 amide bonds. The van der Waals surface area contributed by atoms with E-state index in [1.54, 1.807) is 18.3 Å². The van der Waals surface area contributed by atoms with Crippen LogP contribution in [0.5, 0.6) is 0 Å². The molecule has 0 fully saturated rings. The summed E-state index contributed by atoms with van der Waals surface area (Å²) >= 11 is 3.47. The van der Waals surface area contributed by atoms with Crippen LogP contribution < -0.4 is 0 Å². The summed E-state index contributed by atoms with van der Waals surface area (Å²) in [4.78, 5) is 14.9. The second-order valence-corrected chi connectivity index (χ2v) is 6.12. The molecule has 2 aromatic carbocycles. The monoisotopic (exact) mass is 371 g/mol. The third-order valence-corrected chi connectivity index (χ3v) is 4.02. The van der Waals surface area contributed by atoms with Crippen LogP contribution in [0, 0.1) is 10.1 Å². The number of non-ortho nitro benzene ring substituents is 1. The molecule has 0 saturated heterocycles. The Bertz CT molecular complexity index is 845. The first-order valence-corrected chi connectivity index (χ1v) is 7.89. The zero-order valence-electron chi connectivity index (χ0n) is 12.2. The van der Waals surface area contributed by atoms with Crippen LogP contribution in [0.2, 0.25) is 0 Å². The predicted octanol–water partition coefficient (Wildman–Crippen LogP) is 4.19. The van der Waals surface area contributed by atoms with Crippen molar-refractivity contribution in [1.82, 2.24) is 9.55 Å². The van der Waals surface area contributed by atoms with Gasteiger partial charge in [0.25, 0.3) is 5.69 Å². The number of nitrogens with zero attached hydrogens (tertiary/aromatic N) is 3. The van der Waals surface area contributed by atoms with Crippen molar-refractivity contribution in [2.75, 3.05) is 0 Å². The van der Waals surface area contributed by atoms with Gasteiger partial charge in [-0.25, -0.2) is 4.98 Å². The third-order valence-electron chi connectivity index (χ3n) is 3.53. The minimum Gasteiger partial charge on any atom is -0.330 e. The summed E-state index contributed by atoms with van der Waals surface area (Å²) in [5, 5.41) is 10.9. The average Bonchev–Trinajstić information content (AvgIpc) is 2.94. The number of benzene rings is 2. The van der Waals surface area contributed by atoms with E-state index in [9.17, 15) is 10.1 Å². The Labute approximate surface area is 141 Å². The summed E-state index contributed by atoms with van der Waals surface area (Å²) in [6.45, 7) is 0.712. The summed E-state index contributed by atoms with van der Waals surface area (Å²) < 4.78 is 3.09. The Morgan fingerprint density at radius 3 is 2.70 bits per heavy atom. The van der Waals surface area contributed by atoms with Crippen LogP contribution in [-0.4, -0.2) is 14.5 Å². The van der Waals surface area contributed by atoms with Gasteiger partial charge in [0.05, 0.1) is 4.92 Å². The number of imidazole rings is 1. The van der Waals surface area contributed by atoms with E-state index in [0.717, 1.165) is 21.4 Å². The maximum absolute atomic E-state index is 10.9. The highest BCUT2D eigenvalue weighted by Gasteiger charge is 2.09. The highest BCUT2D eigenvalue weighted by Crippen LogP contribution is 2.17. The van der Waals surface area contributed by atoms with E-state index in [1.807, 2.05) is 24.4 Å². The molecule has 1 heterocycles. The van der Waals surface area contributed by atoms with E-state index in [4.69, 9.17) is 0 Å². The molecule has 5 nitrogen and oxygen atoms in total. The van der Waals surface area contributed by atoms with Crippen molar-refractivity contribution in [2.45, 2.75) is 13.0 Å². The number of nitro groups is 1. The van der Waals surface area contributed by atoms with Gasteiger partial charge in [0.15, 0.2) is 0 Å². The van der Waals surface area contributed by atoms with Crippen molar-refractivity contribution in [3.8, 4) is 0 Å². The van der Waals surface area contributed by atoms with Crippen LogP contribution in [0.3, 0.4) is 0 Å². The molecule has 0 radical (unpaired) electrons. The molecule has 0 atom stereocenters. The van der Waals surface area contributed by atoms with Crippen LogP contribution in [0.25, 0.3) is 0 Å². The zero-order chi connectivity index (χ0) is 16.2. The molecule has 0 N–H and O–H groups in total.